The zero-order valence-corrected chi connectivity index (χ0v) is 12.2. The molecule has 6 nitrogen and oxygen atoms in total. The molecule has 3 aliphatic rings. The Morgan fingerprint density at radius 1 is 1.05 bits per heavy atom. The number of hydrogen-bond donors (Lipinski definition) is 1. The second kappa shape index (κ2) is 4.95. The molecule has 0 spiro atoms. The van der Waals surface area contributed by atoms with Crippen LogP contribution in [0.1, 0.15) is 37.4 Å². The van der Waals surface area contributed by atoms with Gasteiger partial charge in [-0.25, -0.2) is 0 Å². The van der Waals surface area contributed by atoms with Gasteiger partial charge in [-0.1, -0.05) is 0 Å². The van der Waals surface area contributed by atoms with Crippen molar-refractivity contribution in [2.24, 2.45) is 0 Å². The van der Waals surface area contributed by atoms with E-state index in [4.69, 9.17) is 0 Å². The Hall–Kier alpha value is -1.24. The Bertz CT molecular complexity index is 534. The van der Waals surface area contributed by atoms with Gasteiger partial charge in [-0.15, -0.1) is 0 Å². The maximum Gasteiger partial charge on any atom is 0.230 e. The van der Waals surface area contributed by atoms with Gasteiger partial charge in [0.25, 0.3) is 0 Å². The van der Waals surface area contributed by atoms with Gasteiger partial charge in [-0.05, 0) is 25.7 Å². The molecule has 0 radical (unpaired) electrons. The largest absolute Gasteiger partial charge is 0.351 e. The van der Waals surface area contributed by atoms with E-state index in [9.17, 15) is 4.21 Å². The maximum absolute atomic E-state index is 11.5. The van der Waals surface area contributed by atoms with Crippen molar-refractivity contribution in [1.29, 1.82) is 0 Å². The Labute approximate surface area is 120 Å². The van der Waals surface area contributed by atoms with Gasteiger partial charge in [0, 0.05) is 47.4 Å². The summed E-state index contributed by atoms with van der Waals surface area (Å²) in [5.41, 5.74) is 0. The Morgan fingerprint density at radius 3 is 2.45 bits per heavy atom. The van der Waals surface area contributed by atoms with E-state index in [1.165, 1.54) is 25.7 Å². The number of nitrogens with one attached hydrogen (secondary N) is 1. The molecular formula is C13H19N5OS. The van der Waals surface area contributed by atoms with Crippen LogP contribution in [0.3, 0.4) is 0 Å². The van der Waals surface area contributed by atoms with Crippen molar-refractivity contribution in [2.45, 2.75) is 37.6 Å². The van der Waals surface area contributed by atoms with Crippen LogP contribution in [0.25, 0.3) is 0 Å². The van der Waals surface area contributed by atoms with E-state index < -0.39 is 10.8 Å². The number of hydrogen-bond acceptors (Lipinski definition) is 6. The fraction of sp³-hybridized carbons (Fsp3) is 0.769. The molecule has 0 aromatic carbocycles. The van der Waals surface area contributed by atoms with Gasteiger partial charge < -0.3 is 10.2 Å². The van der Waals surface area contributed by atoms with Crippen LogP contribution in [0.4, 0.5) is 11.9 Å². The van der Waals surface area contributed by atoms with Crippen LogP contribution in [0, 0.1) is 0 Å². The highest BCUT2D eigenvalue weighted by molar-refractivity contribution is 7.85. The molecule has 1 aromatic rings. The van der Waals surface area contributed by atoms with Crippen molar-refractivity contribution >= 4 is 22.7 Å². The van der Waals surface area contributed by atoms with Crippen LogP contribution >= 0.6 is 0 Å². The number of nitrogens with zero attached hydrogens (tertiary/aromatic N) is 4. The van der Waals surface area contributed by atoms with Gasteiger partial charge in [0.15, 0.2) is 0 Å². The van der Waals surface area contributed by atoms with Crippen molar-refractivity contribution in [3.8, 4) is 0 Å². The summed E-state index contributed by atoms with van der Waals surface area (Å²) in [7, 11) is -0.669. The van der Waals surface area contributed by atoms with Crippen molar-refractivity contribution in [2.75, 3.05) is 34.8 Å². The second-order valence-electron chi connectivity index (χ2n) is 5.85. The van der Waals surface area contributed by atoms with Crippen molar-refractivity contribution in [3.05, 3.63) is 5.82 Å². The number of rotatable bonds is 4. The smallest absolute Gasteiger partial charge is 0.230 e. The summed E-state index contributed by atoms with van der Waals surface area (Å²) in [6, 6.07) is 0.547. The van der Waals surface area contributed by atoms with E-state index in [1.54, 1.807) is 0 Å². The minimum absolute atomic E-state index is 0.524. The molecule has 0 bridgehead atoms. The van der Waals surface area contributed by atoms with Crippen LogP contribution in [0.2, 0.25) is 0 Å². The average Bonchev–Trinajstić information content (AvgIpc) is 3.33. The first-order valence-corrected chi connectivity index (χ1v) is 8.89. The highest BCUT2D eigenvalue weighted by Gasteiger charge is 2.30. The molecule has 7 heteroatoms. The molecule has 1 aromatic heterocycles. The van der Waals surface area contributed by atoms with E-state index in [2.05, 4.69) is 25.2 Å². The molecule has 2 saturated carbocycles. The molecule has 0 unspecified atom stereocenters. The van der Waals surface area contributed by atoms with Crippen LogP contribution < -0.4 is 10.2 Å². The van der Waals surface area contributed by atoms with Gasteiger partial charge in [-0.2, -0.15) is 15.0 Å². The van der Waals surface area contributed by atoms with Gasteiger partial charge >= 0.3 is 0 Å². The highest BCUT2D eigenvalue weighted by Crippen LogP contribution is 2.39. The standard InChI is InChI=1S/C13H19N5OS/c19-20-7-5-18(6-8-20)13-16-11(9-1-2-9)15-12(17-13)14-10-3-4-10/h9-10H,1-8H2,(H,14,15,16,17). The molecule has 108 valence electrons. The molecular weight excluding hydrogens is 274 g/mol. The Balaban J connectivity index is 1.59. The zero-order valence-electron chi connectivity index (χ0n) is 11.4. The lowest BCUT2D eigenvalue weighted by atomic mass is 10.4. The molecule has 2 aliphatic carbocycles. The molecule has 1 N–H and O–H groups in total. The summed E-state index contributed by atoms with van der Waals surface area (Å²) in [4.78, 5) is 15.9. The molecule has 1 aliphatic heterocycles. The summed E-state index contributed by atoms with van der Waals surface area (Å²) in [5.74, 6) is 4.39. The first-order valence-electron chi connectivity index (χ1n) is 7.40. The van der Waals surface area contributed by atoms with Crippen molar-refractivity contribution in [1.82, 2.24) is 15.0 Å². The maximum atomic E-state index is 11.5. The Kier molecular flexibility index (Phi) is 3.09. The van der Waals surface area contributed by atoms with Crippen LogP contribution in [0.15, 0.2) is 0 Å². The average molecular weight is 293 g/mol. The first-order chi connectivity index (χ1) is 9.78. The van der Waals surface area contributed by atoms with E-state index in [-0.39, 0.29) is 0 Å². The van der Waals surface area contributed by atoms with Gasteiger partial charge in [-0.3, -0.25) is 4.21 Å². The molecule has 0 amide bonds. The van der Waals surface area contributed by atoms with Gasteiger partial charge in [0.05, 0.1) is 0 Å². The lowest BCUT2D eigenvalue weighted by Crippen LogP contribution is -2.39. The predicted octanol–water partition coefficient (Wildman–Crippen LogP) is 0.892. The summed E-state index contributed by atoms with van der Waals surface area (Å²) < 4.78 is 11.5. The fourth-order valence-electron chi connectivity index (χ4n) is 2.36. The lowest BCUT2D eigenvalue weighted by Gasteiger charge is -2.26. The topological polar surface area (TPSA) is 71.0 Å². The van der Waals surface area contributed by atoms with Crippen LogP contribution in [-0.4, -0.2) is 49.8 Å². The molecule has 1 saturated heterocycles. The molecule has 4 rings (SSSR count). The minimum Gasteiger partial charge on any atom is -0.351 e. The quantitative estimate of drug-likeness (QED) is 0.889. The summed E-state index contributed by atoms with van der Waals surface area (Å²) in [6.07, 6.45) is 4.80. The second-order valence-corrected chi connectivity index (χ2v) is 7.54. The highest BCUT2D eigenvalue weighted by atomic mass is 32.2. The van der Waals surface area contributed by atoms with Crippen molar-refractivity contribution < 1.29 is 4.21 Å². The van der Waals surface area contributed by atoms with E-state index >= 15 is 0 Å². The molecule has 20 heavy (non-hydrogen) atoms. The van der Waals surface area contributed by atoms with E-state index in [0.717, 1.165) is 42.3 Å². The third kappa shape index (κ3) is 2.77. The zero-order chi connectivity index (χ0) is 13.5. The normalized spacial score (nSPS) is 23.9. The predicted molar refractivity (Wildman–Crippen MR) is 78.5 cm³/mol. The fourth-order valence-corrected chi connectivity index (χ4v) is 3.41. The van der Waals surface area contributed by atoms with E-state index in [0.29, 0.717) is 12.0 Å². The van der Waals surface area contributed by atoms with E-state index in [1.807, 2.05) is 0 Å². The summed E-state index contributed by atoms with van der Waals surface area (Å²) in [5, 5.41) is 3.38. The molecule has 2 heterocycles. The van der Waals surface area contributed by atoms with Crippen LogP contribution in [0.5, 0.6) is 0 Å². The van der Waals surface area contributed by atoms with Crippen molar-refractivity contribution in [3.63, 3.8) is 0 Å². The summed E-state index contributed by atoms with van der Waals surface area (Å²) >= 11 is 0. The number of aromatic nitrogens is 3. The van der Waals surface area contributed by atoms with Crippen LogP contribution in [-0.2, 0) is 10.8 Å². The SMILES string of the molecule is O=S1CCN(c2nc(NC3CC3)nc(C3CC3)n2)CC1. The lowest BCUT2D eigenvalue weighted by molar-refractivity contribution is 0.670. The third-order valence-corrected chi connectivity index (χ3v) is 5.23. The van der Waals surface area contributed by atoms with Gasteiger partial charge in [0.1, 0.15) is 5.82 Å². The molecule has 0 atom stereocenters. The minimum atomic E-state index is -0.669. The van der Waals surface area contributed by atoms with Gasteiger partial charge in [0.2, 0.25) is 11.9 Å². The Morgan fingerprint density at radius 2 is 1.80 bits per heavy atom. The summed E-state index contributed by atoms with van der Waals surface area (Å²) in [6.45, 7) is 1.56. The number of anilines is 2. The monoisotopic (exact) mass is 293 g/mol. The molecule has 3 fully saturated rings. The first kappa shape index (κ1) is 12.5. The third-order valence-electron chi connectivity index (χ3n) is 3.95.